The first-order valence-corrected chi connectivity index (χ1v) is 25.0. The summed E-state index contributed by atoms with van der Waals surface area (Å²) in [6, 6.07) is 28.9. The molecule has 0 aliphatic carbocycles. The van der Waals surface area contributed by atoms with Crippen molar-refractivity contribution in [2.24, 2.45) is 0 Å². The minimum absolute atomic E-state index is 0.0869. The summed E-state index contributed by atoms with van der Waals surface area (Å²) in [7, 11) is -4.50. The highest BCUT2D eigenvalue weighted by molar-refractivity contribution is 7.89. The molecule has 0 saturated carbocycles. The summed E-state index contributed by atoms with van der Waals surface area (Å²) in [5.74, 6) is -3.64. The van der Waals surface area contributed by atoms with Gasteiger partial charge in [0.1, 0.15) is 11.6 Å². The fourth-order valence-electron chi connectivity index (χ4n) is 7.02. The van der Waals surface area contributed by atoms with E-state index in [9.17, 15) is 49.9 Å². The number of carbonyl (C=O) groups is 4. The van der Waals surface area contributed by atoms with Crippen LogP contribution in [0.4, 0.5) is 8.78 Å². The third-order valence-corrected chi connectivity index (χ3v) is 13.5. The quantitative estimate of drug-likeness (QED) is 0.0656. The average Bonchev–Trinajstić information content (AvgIpc) is 4.03. The SMILES string of the molecule is CCO.CCOC(=O)c1cc(C(=O)NCc2ccc(S(=O)(=O)NC)cc2)c2cnn(-c3ccc(F)cc3)c2c1.CNS(=O)(=O)c1ccc(CNC(=O)c2cc(C(=O)O)cc3c2cnn3-c2ccc(F)cc2)cc1. The van der Waals surface area contributed by atoms with Gasteiger partial charge in [-0.3, -0.25) is 9.59 Å². The van der Waals surface area contributed by atoms with Crippen molar-refractivity contribution in [2.45, 2.75) is 36.7 Å². The number of benzene rings is 6. The van der Waals surface area contributed by atoms with Gasteiger partial charge in [-0.15, -0.1) is 0 Å². The minimum Gasteiger partial charge on any atom is -0.478 e. The number of aromatic carboxylic acids is 1. The van der Waals surface area contributed by atoms with Crippen LogP contribution in [0.1, 0.15) is 66.4 Å². The van der Waals surface area contributed by atoms with Crippen LogP contribution in [0, 0.1) is 11.6 Å². The van der Waals surface area contributed by atoms with Crippen LogP contribution in [0.5, 0.6) is 0 Å². The van der Waals surface area contributed by atoms with Gasteiger partial charge in [-0.25, -0.2) is 54.0 Å². The number of rotatable bonds is 15. The molecule has 380 valence electrons. The van der Waals surface area contributed by atoms with Crippen LogP contribution in [0.2, 0.25) is 0 Å². The van der Waals surface area contributed by atoms with Crippen LogP contribution in [0.15, 0.2) is 144 Å². The highest BCUT2D eigenvalue weighted by Crippen LogP contribution is 2.27. The molecule has 6 N–H and O–H groups in total. The second-order valence-electron chi connectivity index (χ2n) is 15.4. The van der Waals surface area contributed by atoms with E-state index in [4.69, 9.17) is 9.84 Å². The molecule has 2 amide bonds. The monoisotopic (exact) mass is 1040 g/mol. The van der Waals surface area contributed by atoms with E-state index >= 15 is 0 Å². The van der Waals surface area contributed by atoms with Gasteiger partial charge in [-0.1, -0.05) is 24.3 Å². The van der Waals surface area contributed by atoms with Gasteiger partial charge in [0.2, 0.25) is 20.0 Å². The van der Waals surface area contributed by atoms with Crippen LogP contribution < -0.4 is 20.1 Å². The molecule has 73 heavy (non-hydrogen) atoms. The number of hydrogen-bond acceptors (Lipinski definition) is 12. The molecule has 19 nitrogen and oxygen atoms in total. The van der Waals surface area contributed by atoms with Crippen molar-refractivity contribution in [3.8, 4) is 11.4 Å². The van der Waals surface area contributed by atoms with E-state index < -0.39 is 55.4 Å². The van der Waals surface area contributed by atoms with E-state index in [-0.39, 0.29) is 58.3 Å². The summed E-state index contributed by atoms with van der Waals surface area (Å²) < 4.78 is 86.7. The maximum atomic E-state index is 13.4. The lowest BCUT2D eigenvalue weighted by Crippen LogP contribution is -2.23. The molecule has 0 spiro atoms. The Hall–Kier alpha value is -8.22. The molecular formula is C50H48F2N8O11S2. The van der Waals surface area contributed by atoms with E-state index in [0.717, 1.165) is 0 Å². The fourth-order valence-corrected chi connectivity index (χ4v) is 8.48. The van der Waals surface area contributed by atoms with Crippen LogP contribution in [0.25, 0.3) is 33.2 Å². The summed E-state index contributed by atoms with van der Waals surface area (Å²) in [5, 5.41) is 32.1. The highest BCUT2D eigenvalue weighted by atomic mass is 32.2. The van der Waals surface area contributed by atoms with Gasteiger partial charge in [0.15, 0.2) is 0 Å². The molecule has 0 atom stereocenters. The van der Waals surface area contributed by atoms with E-state index in [0.29, 0.717) is 44.3 Å². The van der Waals surface area contributed by atoms with Crippen molar-refractivity contribution in [3.05, 3.63) is 179 Å². The molecule has 23 heteroatoms. The number of sulfonamides is 2. The van der Waals surface area contributed by atoms with E-state index in [1.165, 1.54) is 127 Å². The zero-order valence-corrected chi connectivity index (χ0v) is 41.1. The number of nitrogens with one attached hydrogen (secondary N) is 4. The number of esters is 1. The molecule has 0 radical (unpaired) electrons. The average molecular weight is 1040 g/mol. The minimum atomic E-state index is -3.57. The molecule has 8 rings (SSSR count). The first-order valence-electron chi connectivity index (χ1n) is 22.0. The van der Waals surface area contributed by atoms with Gasteiger partial charge in [0.25, 0.3) is 11.8 Å². The molecule has 0 aliphatic rings. The molecule has 8 aromatic rings. The Kier molecular flexibility index (Phi) is 17.6. The van der Waals surface area contributed by atoms with Crippen molar-refractivity contribution < 1.29 is 59.7 Å². The van der Waals surface area contributed by atoms with Gasteiger partial charge in [-0.2, -0.15) is 10.2 Å². The summed E-state index contributed by atoms with van der Waals surface area (Å²) in [4.78, 5) is 50.5. The molecule has 0 fully saturated rings. The largest absolute Gasteiger partial charge is 0.478 e. The van der Waals surface area contributed by atoms with Crippen molar-refractivity contribution in [1.29, 1.82) is 0 Å². The smallest absolute Gasteiger partial charge is 0.338 e. The molecule has 6 aromatic carbocycles. The van der Waals surface area contributed by atoms with Crippen molar-refractivity contribution in [1.82, 2.24) is 39.6 Å². The molecule has 0 saturated heterocycles. The third-order valence-electron chi connectivity index (χ3n) is 10.7. The lowest BCUT2D eigenvalue weighted by atomic mass is 10.0. The number of aliphatic hydroxyl groups is 1. The van der Waals surface area contributed by atoms with Crippen LogP contribution in [0.3, 0.4) is 0 Å². The Bertz CT molecular complexity index is 3520. The van der Waals surface area contributed by atoms with Crippen LogP contribution >= 0.6 is 0 Å². The number of fused-ring (bicyclic) bond motifs is 2. The number of halogens is 2. The van der Waals surface area contributed by atoms with E-state index in [1.54, 1.807) is 44.2 Å². The first kappa shape index (κ1) is 54.1. The normalized spacial score (nSPS) is 11.2. The maximum absolute atomic E-state index is 13.4. The number of hydrogen-bond donors (Lipinski definition) is 6. The second-order valence-corrected chi connectivity index (χ2v) is 19.2. The maximum Gasteiger partial charge on any atom is 0.338 e. The van der Waals surface area contributed by atoms with Gasteiger partial charge in [0.05, 0.1) is 73.5 Å². The van der Waals surface area contributed by atoms with Gasteiger partial charge >= 0.3 is 11.9 Å². The van der Waals surface area contributed by atoms with Crippen molar-refractivity contribution >= 4 is 65.6 Å². The molecule has 0 unspecified atom stereocenters. The number of nitrogens with zero attached hydrogens (tertiary/aromatic N) is 4. The standard InChI is InChI=1S/C25H23FN4O5S.C23H19FN4O5S.C2H6O/c1-3-35-25(32)17-12-21(22-15-29-30(23(22)13-17)19-8-6-18(26)7-9-19)24(31)28-14-16-4-10-20(11-5-16)36(33,34)27-2;1-25-34(32,33)18-8-2-14(3-9-18)12-26-22(29)19-10-15(23(30)31)11-21-20(19)13-27-28(21)17-6-4-16(24)5-7-17;1-2-3/h4-13,15,27H,3,14H2,1-2H3,(H,28,31);2-11,13,25H,12H2,1H3,(H,26,29)(H,30,31);3H,2H2,1H3. The Morgan fingerprint density at radius 1 is 0.589 bits per heavy atom. The molecule has 2 aromatic heterocycles. The van der Waals surface area contributed by atoms with Crippen molar-refractivity contribution in [2.75, 3.05) is 27.3 Å². The molecule has 0 aliphatic heterocycles. The number of carboxylic acids is 1. The number of aliphatic hydroxyl groups excluding tert-OH is 1. The highest BCUT2D eigenvalue weighted by Gasteiger charge is 2.22. The summed E-state index contributed by atoms with van der Waals surface area (Å²) >= 11 is 0. The Labute approximate surface area is 417 Å². The summed E-state index contributed by atoms with van der Waals surface area (Å²) in [6.07, 6.45) is 2.94. The zero-order chi connectivity index (χ0) is 53.0. The Balaban J connectivity index is 0.000000226. The summed E-state index contributed by atoms with van der Waals surface area (Å²) in [5.41, 5.74) is 3.60. The predicted octanol–water partition coefficient (Wildman–Crippen LogP) is 5.88. The molecular weight excluding hydrogens is 991 g/mol. The van der Waals surface area contributed by atoms with Gasteiger partial charge in [0, 0.05) is 30.5 Å². The third kappa shape index (κ3) is 13.0. The number of aromatic nitrogens is 4. The summed E-state index contributed by atoms with van der Waals surface area (Å²) in [6.45, 7) is 3.98. The Morgan fingerprint density at radius 3 is 1.32 bits per heavy atom. The molecule has 0 bridgehead atoms. The number of carboxylic acid groups (broad SMARTS) is 1. The number of ether oxygens (including phenoxy) is 1. The number of amides is 2. The topological polar surface area (TPSA) is 270 Å². The van der Waals surface area contributed by atoms with E-state index in [2.05, 4.69) is 30.3 Å². The van der Waals surface area contributed by atoms with Gasteiger partial charge in [-0.05, 0) is 136 Å². The molecule has 2 heterocycles. The zero-order valence-electron chi connectivity index (χ0n) is 39.5. The van der Waals surface area contributed by atoms with Crippen LogP contribution in [-0.2, 0) is 37.9 Å². The second kappa shape index (κ2) is 23.8. The number of carbonyl (C=O) groups excluding carboxylic acids is 3. The Morgan fingerprint density at radius 2 is 0.959 bits per heavy atom. The van der Waals surface area contributed by atoms with Crippen molar-refractivity contribution in [3.63, 3.8) is 0 Å². The van der Waals surface area contributed by atoms with Gasteiger partial charge < -0.3 is 25.6 Å². The lowest BCUT2D eigenvalue weighted by molar-refractivity contribution is 0.0525. The first-order chi connectivity index (χ1) is 34.8. The van der Waals surface area contributed by atoms with Crippen LogP contribution in [-0.4, -0.2) is 97.7 Å². The lowest BCUT2D eigenvalue weighted by Gasteiger charge is -2.11. The predicted molar refractivity (Wildman–Crippen MR) is 265 cm³/mol. The fraction of sp³-hybridized carbons (Fsp3) is 0.160. The van der Waals surface area contributed by atoms with E-state index in [1.807, 2.05) is 0 Å².